The van der Waals surface area contributed by atoms with Crippen molar-refractivity contribution in [2.75, 3.05) is 0 Å². The quantitative estimate of drug-likeness (QED) is 0.380. The molecule has 0 atom stereocenters. The van der Waals surface area contributed by atoms with Crippen LogP contribution in [0.25, 0.3) is 34.2 Å². The first kappa shape index (κ1) is 17.2. The molecule has 10 heteroatoms. The van der Waals surface area contributed by atoms with E-state index in [4.69, 9.17) is 27.7 Å². The number of rotatable bonds is 4. The molecular formula is C17H9Cl2N5O3. The molecule has 0 amide bonds. The third-order valence-electron chi connectivity index (χ3n) is 3.78. The standard InChI is InChI=1S/C17H9Cl2N5O3/c18-10-3-6-12(13(19)7-10)14-8-15(22-21-14)17-20-16(23-27-17)9-1-4-11(5-2-9)24(25)26/h1-8H,(H,21,22). The van der Waals surface area contributed by atoms with Gasteiger partial charge in [-0.15, -0.1) is 0 Å². The van der Waals surface area contributed by atoms with E-state index in [1.54, 1.807) is 36.4 Å². The molecule has 0 radical (unpaired) electrons. The van der Waals surface area contributed by atoms with Crippen molar-refractivity contribution in [3.63, 3.8) is 0 Å². The van der Waals surface area contributed by atoms with Gasteiger partial charge in [-0.2, -0.15) is 10.1 Å². The topological polar surface area (TPSA) is 111 Å². The van der Waals surface area contributed by atoms with Crippen molar-refractivity contribution < 1.29 is 9.45 Å². The normalized spacial score (nSPS) is 10.9. The monoisotopic (exact) mass is 401 g/mol. The van der Waals surface area contributed by atoms with Gasteiger partial charge in [-0.3, -0.25) is 15.2 Å². The number of nitrogens with zero attached hydrogens (tertiary/aromatic N) is 4. The summed E-state index contributed by atoms with van der Waals surface area (Å²) in [7, 11) is 0. The Kier molecular flexibility index (Phi) is 4.35. The lowest BCUT2D eigenvalue weighted by atomic mass is 10.1. The highest BCUT2D eigenvalue weighted by Crippen LogP contribution is 2.31. The van der Waals surface area contributed by atoms with Crippen LogP contribution >= 0.6 is 23.2 Å². The smallest absolute Gasteiger partial charge is 0.276 e. The molecular weight excluding hydrogens is 393 g/mol. The Hall–Kier alpha value is -3.23. The number of nitro groups is 1. The zero-order valence-corrected chi connectivity index (χ0v) is 14.9. The number of benzene rings is 2. The highest BCUT2D eigenvalue weighted by Gasteiger charge is 2.16. The summed E-state index contributed by atoms with van der Waals surface area (Å²) in [4.78, 5) is 14.6. The van der Waals surface area contributed by atoms with Crippen LogP contribution in [0.3, 0.4) is 0 Å². The minimum atomic E-state index is -0.473. The molecule has 8 nitrogen and oxygen atoms in total. The molecule has 0 saturated heterocycles. The summed E-state index contributed by atoms with van der Waals surface area (Å²) in [5.74, 6) is 0.535. The van der Waals surface area contributed by atoms with Crippen LogP contribution in [0.4, 0.5) is 5.69 Å². The summed E-state index contributed by atoms with van der Waals surface area (Å²) in [6.45, 7) is 0. The van der Waals surface area contributed by atoms with Crippen molar-refractivity contribution in [1.82, 2.24) is 20.3 Å². The summed E-state index contributed by atoms with van der Waals surface area (Å²) in [6, 6.07) is 12.7. The van der Waals surface area contributed by atoms with Crippen LogP contribution in [0.1, 0.15) is 0 Å². The number of nitro benzene ring substituents is 1. The molecule has 2 heterocycles. The van der Waals surface area contributed by atoms with Gasteiger partial charge in [0.05, 0.1) is 15.6 Å². The number of halogens is 2. The average molecular weight is 402 g/mol. The van der Waals surface area contributed by atoms with E-state index in [1.807, 2.05) is 0 Å². The Labute approximate surface area is 161 Å². The highest BCUT2D eigenvalue weighted by molar-refractivity contribution is 6.36. The molecule has 134 valence electrons. The number of nitrogens with one attached hydrogen (secondary N) is 1. The minimum absolute atomic E-state index is 0.0134. The molecule has 0 fully saturated rings. The molecule has 27 heavy (non-hydrogen) atoms. The molecule has 0 spiro atoms. The Bertz CT molecular complexity index is 1140. The molecule has 0 aliphatic carbocycles. The Balaban J connectivity index is 1.62. The van der Waals surface area contributed by atoms with Gasteiger partial charge in [0.1, 0.15) is 5.69 Å². The second-order valence-electron chi connectivity index (χ2n) is 5.52. The van der Waals surface area contributed by atoms with E-state index in [2.05, 4.69) is 20.3 Å². The SMILES string of the molecule is O=[N+]([O-])c1ccc(-c2noc(-c3cc(-c4ccc(Cl)cc4Cl)n[nH]3)n2)cc1. The fraction of sp³-hybridized carbons (Fsp3) is 0. The lowest BCUT2D eigenvalue weighted by Crippen LogP contribution is -1.87. The van der Waals surface area contributed by atoms with E-state index in [1.165, 1.54) is 12.1 Å². The molecule has 0 saturated carbocycles. The van der Waals surface area contributed by atoms with Gasteiger partial charge < -0.3 is 4.52 Å². The van der Waals surface area contributed by atoms with Gasteiger partial charge in [-0.05, 0) is 36.4 Å². The van der Waals surface area contributed by atoms with Gasteiger partial charge in [-0.25, -0.2) is 0 Å². The number of aromatic amines is 1. The molecule has 0 unspecified atom stereocenters. The summed E-state index contributed by atoms with van der Waals surface area (Å²) in [5.41, 5.74) is 2.40. The predicted octanol–water partition coefficient (Wildman–Crippen LogP) is 5.01. The van der Waals surface area contributed by atoms with Gasteiger partial charge in [0.25, 0.3) is 11.6 Å². The van der Waals surface area contributed by atoms with Crippen LogP contribution in [0.5, 0.6) is 0 Å². The van der Waals surface area contributed by atoms with Crippen LogP contribution in [0.2, 0.25) is 10.0 Å². The summed E-state index contributed by atoms with van der Waals surface area (Å²) < 4.78 is 5.26. The zero-order chi connectivity index (χ0) is 19.0. The van der Waals surface area contributed by atoms with Crippen molar-refractivity contribution in [1.29, 1.82) is 0 Å². The van der Waals surface area contributed by atoms with Gasteiger partial charge in [-0.1, -0.05) is 28.4 Å². The molecule has 0 aliphatic heterocycles. The van der Waals surface area contributed by atoms with Crippen molar-refractivity contribution in [2.45, 2.75) is 0 Å². The van der Waals surface area contributed by atoms with E-state index in [0.29, 0.717) is 38.4 Å². The Morgan fingerprint density at radius 3 is 2.56 bits per heavy atom. The first-order valence-corrected chi connectivity index (χ1v) is 8.36. The Morgan fingerprint density at radius 1 is 1.07 bits per heavy atom. The maximum Gasteiger partial charge on any atom is 0.276 e. The lowest BCUT2D eigenvalue weighted by molar-refractivity contribution is -0.384. The molecule has 4 rings (SSSR count). The molecule has 4 aromatic rings. The van der Waals surface area contributed by atoms with Crippen LogP contribution in [-0.4, -0.2) is 25.3 Å². The van der Waals surface area contributed by atoms with Crippen molar-refractivity contribution in [3.05, 3.63) is 68.7 Å². The fourth-order valence-corrected chi connectivity index (χ4v) is 2.95. The van der Waals surface area contributed by atoms with Crippen molar-refractivity contribution in [2.24, 2.45) is 0 Å². The molecule has 2 aromatic carbocycles. The highest BCUT2D eigenvalue weighted by atomic mass is 35.5. The van der Waals surface area contributed by atoms with E-state index < -0.39 is 4.92 Å². The zero-order valence-electron chi connectivity index (χ0n) is 13.4. The lowest BCUT2D eigenvalue weighted by Gasteiger charge is -1.99. The third-order valence-corrected chi connectivity index (χ3v) is 4.33. The van der Waals surface area contributed by atoms with Crippen LogP contribution in [0.15, 0.2) is 53.1 Å². The maximum absolute atomic E-state index is 10.7. The molecule has 0 aliphatic rings. The number of non-ortho nitro benzene ring substituents is 1. The number of aromatic nitrogens is 4. The number of hydrogen-bond donors (Lipinski definition) is 1. The fourth-order valence-electron chi connectivity index (χ4n) is 2.45. The van der Waals surface area contributed by atoms with E-state index in [0.717, 1.165) is 0 Å². The van der Waals surface area contributed by atoms with Crippen LogP contribution in [-0.2, 0) is 0 Å². The number of H-pyrrole nitrogens is 1. The van der Waals surface area contributed by atoms with E-state index in [-0.39, 0.29) is 11.6 Å². The number of hydrogen-bond acceptors (Lipinski definition) is 6. The Morgan fingerprint density at radius 2 is 1.85 bits per heavy atom. The second kappa shape index (κ2) is 6.82. The van der Waals surface area contributed by atoms with Crippen LogP contribution < -0.4 is 0 Å². The minimum Gasteiger partial charge on any atom is -0.332 e. The van der Waals surface area contributed by atoms with Crippen molar-refractivity contribution in [3.8, 4) is 34.2 Å². The maximum atomic E-state index is 10.7. The van der Waals surface area contributed by atoms with Gasteiger partial charge in [0.2, 0.25) is 5.82 Å². The summed E-state index contributed by atoms with van der Waals surface area (Å²) in [5, 5.41) is 22.7. The third kappa shape index (κ3) is 3.40. The molecule has 1 N–H and O–H groups in total. The summed E-state index contributed by atoms with van der Waals surface area (Å²) in [6.07, 6.45) is 0. The second-order valence-corrected chi connectivity index (χ2v) is 6.36. The molecule has 0 bridgehead atoms. The van der Waals surface area contributed by atoms with Crippen LogP contribution in [0, 0.1) is 10.1 Å². The van der Waals surface area contributed by atoms with Gasteiger partial charge in [0, 0.05) is 28.3 Å². The first-order valence-electron chi connectivity index (χ1n) is 7.61. The molecule has 2 aromatic heterocycles. The van der Waals surface area contributed by atoms with E-state index >= 15 is 0 Å². The average Bonchev–Trinajstić information content (AvgIpc) is 3.31. The first-order chi connectivity index (χ1) is 13.0. The predicted molar refractivity (Wildman–Crippen MR) is 99.4 cm³/mol. The van der Waals surface area contributed by atoms with Gasteiger partial charge in [0.15, 0.2) is 0 Å². The van der Waals surface area contributed by atoms with E-state index in [9.17, 15) is 10.1 Å². The van der Waals surface area contributed by atoms with Gasteiger partial charge >= 0.3 is 0 Å². The largest absolute Gasteiger partial charge is 0.332 e. The summed E-state index contributed by atoms with van der Waals surface area (Å²) >= 11 is 12.1. The van der Waals surface area contributed by atoms with Crippen molar-refractivity contribution >= 4 is 28.9 Å².